The molecule has 13 N–H and O–H groups in total. The number of aliphatic imine (C=N–C) groups is 1. The number of hydrazone groups is 1. The molecule has 35 nitrogen and oxygen atoms in total. The number of carbonyl (C=O) groups excluding carboxylic acids is 10. The van der Waals surface area contributed by atoms with Crippen LogP contribution in [-0.4, -0.2) is 301 Å². The topological polar surface area (TPSA) is 462 Å². The number of rotatable bonds is 57. The number of aromatic hydroxyl groups is 1. The molecule has 6 aliphatic rings. The van der Waals surface area contributed by atoms with Gasteiger partial charge in [-0.3, -0.25) is 58.3 Å². The highest BCUT2D eigenvalue weighted by atomic mass is 16.6. The normalized spacial score (nSPS) is 23.3. The molecule has 0 saturated heterocycles. The van der Waals surface area contributed by atoms with Crippen LogP contribution in [0.15, 0.2) is 46.5 Å². The first-order chi connectivity index (χ1) is 63.8. The van der Waals surface area contributed by atoms with Crippen molar-refractivity contribution in [2.75, 3.05) is 185 Å². The zero-order valence-corrected chi connectivity index (χ0v) is 80.8. The summed E-state index contributed by atoms with van der Waals surface area (Å²) in [4.78, 5) is 143. The zero-order chi connectivity index (χ0) is 96.2. The summed E-state index contributed by atoms with van der Waals surface area (Å²) in [6.45, 7) is 19.0. The highest BCUT2D eigenvalue weighted by molar-refractivity contribution is 6.44. The van der Waals surface area contributed by atoms with Crippen molar-refractivity contribution in [1.29, 1.82) is 0 Å². The van der Waals surface area contributed by atoms with Gasteiger partial charge in [0.2, 0.25) is 59.1 Å². The summed E-state index contributed by atoms with van der Waals surface area (Å²) >= 11 is 0. The smallest absolute Gasteiger partial charge is 0.249 e. The van der Waals surface area contributed by atoms with E-state index in [0.717, 1.165) is 111 Å². The van der Waals surface area contributed by atoms with E-state index in [2.05, 4.69) is 99.8 Å². The van der Waals surface area contributed by atoms with Crippen LogP contribution in [0.25, 0.3) is 0 Å². The van der Waals surface area contributed by atoms with Crippen molar-refractivity contribution in [2.24, 2.45) is 44.5 Å². The van der Waals surface area contributed by atoms with E-state index in [4.69, 9.17) is 58.2 Å². The van der Waals surface area contributed by atoms with Crippen LogP contribution in [-0.2, 0) is 119 Å². The molecule has 2 aromatic rings. The highest BCUT2D eigenvalue weighted by Crippen LogP contribution is 2.60. The summed E-state index contributed by atoms with van der Waals surface area (Å²) in [7, 11) is 6.22. The van der Waals surface area contributed by atoms with E-state index in [9.17, 15) is 58.2 Å². The van der Waals surface area contributed by atoms with Crippen molar-refractivity contribution >= 4 is 76.2 Å². The van der Waals surface area contributed by atoms with E-state index in [1.54, 1.807) is 26.0 Å². The van der Waals surface area contributed by atoms with Gasteiger partial charge in [-0.2, -0.15) is 5.10 Å². The van der Waals surface area contributed by atoms with Crippen LogP contribution in [0.5, 0.6) is 5.75 Å². The molecule has 744 valence electrons. The molecule has 12 atom stereocenters. The van der Waals surface area contributed by atoms with Gasteiger partial charge in [-0.25, -0.2) is 0 Å². The van der Waals surface area contributed by atoms with Gasteiger partial charge in [0, 0.05) is 38.0 Å². The molecule has 0 spiro atoms. The molecule has 0 bridgehead atoms. The second-order valence-electron chi connectivity index (χ2n) is 38.3. The van der Waals surface area contributed by atoms with E-state index in [0.29, 0.717) is 180 Å². The minimum absolute atomic E-state index is 0.0155. The number of hydrogen-bond acceptors (Lipinski definition) is 25. The molecular formula is C98H156N13O22+. The summed E-state index contributed by atoms with van der Waals surface area (Å²) in [6, 6.07) is 6.03. The number of aliphatic hydroxyl groups excluding tert-OH is 1. The Morgan fingerprint density at radius 2 is 1.06 bits per heavy atom. The summed E-state index contributed by atoms with van der Waals surface area (Å²) in [6.07, 6.45) is 16.2. The maximum atomic E-state index is 14.9. The fourth-order valence-electron chi connectivity index (χ4n) is 19.3. The Labute approximate surface area is 786 Å². The lowest BCUT2D eigenvalue weighted by atomic mass is 9.49. The fourth-order valence-corrected chi connectivity index (χ4v) is 19.3. The fraction of sp³-hybridized carbons (Fsp3) is 0.735. The van der Waals surface area contributed by atoms with Crippen LogP contribution in [0, 0.1) is 40.4 Å². The first kappa shape index (κ1) is 110. The van der Waals surface area contributed by atoms with Crippen molar-refractivity contribution in [3.8, 4) is 17.6 Å². The van der Waals surface area contributed by atoms with Crippen LogP contribution in [0.3, 0.4) is 0 Å². The van der Waals surface area contributed by atoms with Gasteiger partial charge < -0.3 is 110 Å². The highest BCUT2D eigenvalue weighted by Gasteiger charge is 2.59. The Morgan fingerprint density at radius 3 is 1.65 bits per heavy atom. The van der Waals surface area contributed by atoms with Crippen molar-refractivity contribution < 1.29 is 110 Å². The summed E-state index contributed by atoms with van der Waals surface area (Å²) in [5.41, 5.74) is 3.26. The van der Waals surface area contributed by atoms with Crippen molar-refractivity contribution in [1.82, 2.24) is 42.5 Å². The van der Waals surface area contributed by atoms with Crippen molar-refractivity contribution in [2.45, 2.75) is 256 Å². The van der Waals surface area contributed by atoms with Crippen molar-refractivity contribution in [3.63, 3.8) is 0 Å². The maximum absolute atomic E-state index is 14.9. The number of unbranched alkanes of at least 4 members (excludes halogenated alkanes) is 1. The van der Waals surface area contributed by atoms with Crippen LogP contribution >= 0.6 is 0 Å². The second kappa shape index (κ2) is 56.8. The van der Waals surface area contributed by atoms with Gasteiger partial charge in [0.05, 0.1) is 170 Å². The number of quaternary nitrogens is 1. The lowest BCUT2D eigenvalue weighted by molar-refractivity contribution is -0.869. The summed E-state index contributed by atoms with van der Waals surface area (Å²) in [5.74, 6) is 6.94. The average molecular weight is 1870 g/mol. The van der Waals surface area contributed by atoms with Gasteiger partial charge in [0.1, 0.15) is 61.1 Å². The predicted molar refractivity (Wildman–Crippen MR) is 503 cm³/mol. The molecule has 2 aromatic carbocycles. The van der Waals surface area contributed by atoms with Gasteiger partial charge in [0.15, 0.2) is 0 Å². The number of ether oxygens (including phenoxy) is 10. The lowest BCUT2D eigenvalue weighted by Crippen LogP contribution is -2.60. The number of carbonyl (C=O) groups is 10. The minimum Gasteiger partial charge on any atom is -0.508 e. The third-order valence-corrected chi connectivity index (χ3v) is 26.8. The van der Waals surface area contributed by atoms with Crippen LogP contribution in [0.2, 0.25) is 0 Å². The number of nitrogens with two attached hydrogens (primary N) is 1. The molecule has 6 aliphatic carbocycles. The largest absolute Gasteiger partial charge is 0.508 e. The molecule has 133 heavy (non-hydrogen) atoms. The minimum atomic E-state index is -1.47. The number of hydrogen-bond donors (Lipinski definition) is 12. The molecule has 8 rings (SSSR count). The number of anilines is 1. The number of imide groups is 1. The number of fused-ring (bicyclic) bond motifs is 6. The maximum Gasteiger partial charge on any atom is 0.249 e. The van der Waals surface area contributed by atoms with Gasteiger partial charge in [0.25, 0.3) is 0 Å². The lowest BCUT2D eigenvalue weighted by Gasteiger charge is -2.56. The number of nitrogens with one attached hydrogen (secondary N) is 9. The molecule has 10 amide bonds. The molecule has 3 fully saturated rings. The van der Waals surface area contributed by atoms with E-state index < -0.39 is 94.5 Å². The third kappa shape index (κ3) is 35.5. The Bertz CT molecular complexity index is 4190. The number of likely N-dealkylation sites (N-methyl/N-ethyl adjacent to an activating group) is 1. The Hall–Kier alpha value is -8.64. The number of benzene rings is 2. The van der Waals surface area contributed by atoms with Crippen molar-refractivity contribution in [3.05, 3.63) is 58.7 Å². The molecule has 35 heteroatoms. The van der Waals surface area contributed by atoms with E-state index in [1.807, 2.05) is 38.1 Å². The van der Waals surface area contributed by atoms with Gasteiger partial charge >= 0.3 is 0 Å². The van der Waals surface area contributed by atoms with Crippen LogP contribution < -0.4 is 53.7 Å². The molecule has 0 radical (unpaired) electrons. The number of phenolic OH excluding ortho intramolecular Hbond substituents is 1. The Kier molecular flexibility index (Phi) is 46.8. The molecular weight excluding hydrogens is 1710 g/mol. The van der Waals surface area contributed by atoms with Gasteiger partial charge in [-0.15, -0.1) is 5.92 Å². The third-order valence-electron chi connectivity index (χ3n) is 26.8. The molecule has 2 unspecified atom stereocenters. The molecule has 0 heterocycles. The quantitative estimate of drug-likeness (QED) is 0.00916. The number of aryl methyl sites for hydroxylation is 2. The first-order valence-electron chi connectivity index (χ1n) is 48.5. The Morgan fingerprint density at radius 1 is 0.519 bits per heavy atom. The average Bonchev–Trinajstić information content (AvgIpc) is 0.656. The van der Waals surface area contributed by atoms with E-state index in [1.165, 1.54) is 12.5 Å². The predicted octanol–water partition coefficient (Wildman–Crippen LogP) is 5.90. The van der Waals surface area contributed by atoms with Crippen LogP contribution in [0.1, 0.15) is 218 Å². The van der Waals surface area contributed by atoms with Gasteiger partial charge in [-0.05, 0) is 191 Å². The summed E-state index contributed by atoms with van der Waals surface area (Å²) in [5, 5.41) is 50.6. The van der Waals surface area contributed by atoms with Crippen LogP contribution in [0.4, 0.5) is 5.69 Å². The van der Waals surface area contributed by atoms with E-state index in [-0.39, 0.29) is 112 Å². The second-order valence-corrected chi connectivity index (χ2v) is 38.3. The molecule has 0 aromatic heterocycles. The zero-order valence-electron chi connectivity index (χ0n) is 80.8. The number of amides is 10. The Balaban J connectivity index is 0.778. The standard InChI is InChI=1S/C98H155N13O22/c1-68(2)87(92(121)104-69(3)89(118)107-79(65-112)91(120)105-72-32-28-70-30-34-81-95(4,75(70)63-72)38-21-40-97(81,6)93(122)109-94(123)98(7)41-22-39-96(5)76-64-73(113)33-29-71(76)31-35-82(96)98)108-90(119)78(106-84(115)37-48-125-52-56-129-60-62-131-58-54-127-50-45-103-85(116)66-132-74-23-15-12-11-13-16-24-74)26-19-20-42-101-86(117)67-133-80-27-18-14-17-25-77(88(80)110-99)100-44-49-126-53-57-130-61-59-128-55-51-124-47-36-83(114)102-43-46-111(8,9)10/h28-29,32-33,63-64,68-69,74,78-82,87,112H,11-15,17-23,25-27,30-31,34-62,65-67H2,1-10H3,(H11-,99,100,101,102,103,104,105,106,107,108,109,113,114,115,116,117,118,119,120,121,122,123)/p+1/t69-,74?,78+,79-,80?,81+,82+,87-,95+,96+,97-,98-/m0/s1. The number of nitrogens with zero attached hydrogens (tertiary/aromatic N) is 3. The number of phenols is 1. The molecule has 3 saturated carbocycles. The first-order valence-corrected chi connectivity index (χ1v) is 48.5. The monoisotopic (exact) mass is 1870 g/mol. The SMILES string of the molecule is CC(C)[C@H](NC(=O)[C@@H](CCCCNC(=O)COC1CCCCCC(=NCCOCCOCCOCCOCCC(=O)NCC[N+](C)(C)C)C1=NN)NC(=O)CCOCCOCCOCCOCCNC(=O)COC1C#CCCCCC1)C(=O)N[C@@H](C)C(=O)N[C@@H](CO)C(=O)Nc1ccc2c(c1)[C@@]1(C)CCC[C@](C)(C(=O)NC(=O)[C@@]3(C)CCC[C@]4(C)c5cc(O)ccc5CC[C@@H]34)[C@@H]1CC2. The molecule has 0 aliphatic heterocycles. The van der Waals surface area contributed by atoms with E-state index >= 15 is 0 Å². The number of aliphatic hydroxyl groups is 1. The summed E-state index contributed by atoms with van der Waals surface area (Å²) < 4.78 is 57.7. The van der Waals surface area contributed by atoms with Gasteiger partial charge in [-0.1, -0.05) is 91.7 Å².